The maximum atomic E-state index is 4.94. The minimum Gasteiger partial charge on any atom is -0.284 e. The SMILES string of the molecule is Cl.Cl.NNOC1CCCC1. The zero-order chi connectivity index (χ0) is 5.82. The van der Waals surface area contributed by atoms with Crippen molar-refractivity contribution in [3.8, 4) is 0 Å². The Labute approximate surface area is 73.4 Å². The highest BCUT2D eigenvalue weighted by Gasteiger charge is 2.14. The van der Waals surface area contributed by atoms with Crippen molar-refractivity contribution in [2.75, 3.05) is 0 Å². The van der Waals surface area contributed by atoms with E-state index in [9.17, 15) is 0 Å². The molecule has 3 nitrogen and oxygen atoms in total. The molecule has 1 aliphatic carbocycles. The van der Waals surface area contributed by atoms with Gasteiger partial charge in [0, 0.05) is 0 Å². The van der Waals surface area contributed by atoms with Crippen molar-refractivity contribution in [2.24, 2.45) is 5.84 Å². The minimum absolute atomic E-state index is 0. The van der Waals surface area contributed by atoms with Crippen molar-refractivity contribution in [3.05, 3.63) is 0 Å². The lowest BCUT2D eigenvalue weighted by Crippen LogP contribution is -2.27. The number of rotatable bonds is 2. The van der Waals surface area contributed by atoms with Crippen LogP contribution in [0.5, 0.6) is 0 Å². The van der Waals surface area contributed by atoms with Crippen molar-refractivity contribution >= 4 is 24.8 Å². The van der Waals surface area contributed by atoms with E-state index in [1.54, 1.807) is 0 Å². The first-order chi connectivity index (χ1) is 3.93. The average molecular weight is 189 g/mol. The van der Waals surface area contributed by atoms with E-state index >= 15 is 0 Å². The summed E-state index contributed by atoms with van der Waals surface area (Å²) in [7, 11) is 0. The van der Waals surface area contributed by atoms with Crippen LogP contribution in [-0.4, -0.2) is 6.10 Å². The van der Waals surface area contributed by atoms with Gasteiger partial charge in [-0.3, -0.25) is 4.84 Å². The third-order valence-corrected chi connectivity index (χ3v) is 1.54. The Morgan fingerprint density at radius 3 is 2.10 bits per heavy atom. The summed E-state index contributed by atoms with van der Waals surface area (Å²) in [5.74, 6) is 4.94. The van der Waals surface area contributed by atoms with Gasteiger partial charge in [0.1, 0.15) is 0 Å². The Balaban J connectivity index is 0. The summed E-state index contributed by atoms with van der Waals surface area (Å²) in [5.41, 5.74) is 2.21. The lowest BCUT2D eigenvalue weighted by molar-refractivity contribution is -0.0209. The molecule has 3 N–H and O–H groups in total. The van der Waals surface area contributed by atoms with Crippen LogP contribution in [0.2, 0.25) is 0 Å². The molecule has 0 radical (unpaired) electrons. The van der Waals surface area contributed by atoms with Gasteiger partial charge in [-0.1, -0.05) is 12.8 Å². The zero-order valence-corrected chi connectivity index (χ0v) is 7.34. The average Bonchev–Trinajstić information content (AvgIpc) is 2.19. The fraction of sp³-hybridized carbons (Fsp3) is 1.00. The van der Waals surface area contributed by atoms with Gasteiger partial charge in [0.05, 0.1) is 6.10 Å². The van der Waals surface area contributed by atoms with Crippen LogP contribution in [0, 0.1) is 0 Å². The Hall–Kier alpha value is 0.460. The maximum Gasteiger partial charge on any atom is 0.0806 e. The van der Waals surface area contributed by atoms with E-state index in [1.807, 2.05) is 0 Å². The van der Waals surface area contributed by atoms with Crippen molar-refractivity contribution in [1.29, 1.82) is 0 Å². The Morgan fingerprint density at radius 2 is 1.70 bits per heavy atom. The Kier molecular flexibility index (Phi) is 9.90. The highest BCUT2D eigenvalue weighted by molar-refractivity contribution is 5.85. The lowest BCUT2D eigenvalue weighted by atomic mass is 10.3. The highest BCUT2D eigenvalue weighted by Crippen LogP contribution is 2.19. The van der Waals surface area contributed by atoms with Gasteiger partial charge in [0.15, 0.2) is 0 Å². The predicted molar refractivity (Wildman–Crippen MR) is 45.2 cm³/mol. The molecule has 0 atom stereocenters. The van der Waals surface area contributed by atoms with Gasteiger partial charge >= 0.3 is 0 Å². The molecule has 0 aliphatic heterocycles. The summed E-state index contributed by atoms with van der Waals surface area (Å²) in [5, 5.41) is 0. The molecule has 1 saturated carbocycles. The first-order valence-electron chi connectivity index (χ1n) is 3.04. The largest absolute Gasteiger partial charge is 0.284 e. The number of hydrogen-bond acceptors (Lipinski definition) is 3. The topological polar surface area (TPSA) is 47.3 Å². The molecule has 0 aromatic carbocycles. The van der Waals surface area contributed by atoms with Gasteiger partial charge in [0.2, 0.25) is 0 Å². The molecule has 1 aliphatic rings. The molecule has 5 heteroatoms. The normalized spacial score (nSPS) is 17.7. The van der Waals surface area contributed by atoms with Crippen LogP contribution >= 0.6 is 24.8 Å². The molecule has 0 spiro atoms. The predicted octanol–water partition coefficient (Wildman–Crippen LogP) is 1.17. The van der Waals surface area contributed by atoms with Gasteiger partial charge in [-0.15, -0.1) is 30.4 Å². The summed E-state index contributed by atoms with van der Waals surface area (Å²) in [6, 6.07) is 0. The van der Waals surface area contributed by atoms with Crippen LogP contribution < -0.4 is 11.4 Å². The van der Waals surface area contributed by atoms with Crippen LogP contribution in [0.15, 0.2) is 0 Å². The highest BCUT2D eigenvalue weighted by atomic mass is 35.5. The summed E-state index contributed by atoms with van der Waals surface area (Å²) in [6.07, 6.45) is 5.26. The van der Waals surface area contributed by atoms with Gasteiger partial charge in [-0.05, 0) is 12.8 Å². The molecule has 0 saturated heterocycles. The van der Waals surface area contributed by atoms with Crippen LogP contribution in [0.4, 0.5) is 0 Å². The number of hydrogen-bond donors (Lipinski definition) is 2. The molecule has 0 unspecified atom stereocenters. The van der Waals surface area contributed by atoms with Gasteiger partial charge in [-0.25, -0.2) is 5.84 Å². The number of halogens is 2. The monoisotopic (exact) mass is 188 g/mol. The minimum atomic E-state index is 0. The van der Waals surface area contributed by atoms with Crippen LogP contribution in [0.1, 0.15) is 25.7 Å². The number of nitrogens with two attached hydrogens (primary N) is 1. The van der Waals surface area contributed by atoms with E-state index in [-0.39, 0.29) is 24.8 Å². The van der Waals surface area contributed by atoms with Crippen LogP contribution in [0.25, 0.3) is 0 Å². The second-order valence-corrected chi connectivity index (χ2v) is 2.14. The molecule has 0 bridgehead atoms. The number of nitrogens with one attached hydrogen (secondary N) is 1. The summed E-state index contributed by atoms with van der Waals surface area (Å²) >= 11 is 0. The number of hydrazine groups is 1. The van der Waals surface area contributed by atoms with E-state index in [4.69, 9.17) is 10.7 Å². The maximum absolute atomic E-state index is 4.94. The van der Waals surface area contributed by atoms with E-state index in [2.05, 4.69) is 5.59 Å². The second kappa shape index (κ2) is 7.57. The van der Waals surface area contributed by atoms with Crippen molar-refractivity contribution < 1.29 is 4.84 Å². The third-order valence-electron chi connectivity index (χ3n) is 1.54. The lowest BCUT2D eigenvalue weighted by Gasteiger charge is -2.06. The van der Waals surface area contributed by atoms with Crippen LogP contribution in [0.3, 0.4) is 0 Å². The molecule has 0 aromatic rings. The summed E-state index contributed by atoms with van der Waals surface area (Å²) in [4.78, 5) is 4.93. The first kappa shape index (κ1) is 13.1. The molecule has 1 rings (SSSR count). The Morgan fingerprint density at radius 1 is 1.20 bits per heavy atom. The van der Waals surface area contributed by atoms with Crippen LogP contribution in [-0.2, 0) is 4.84 Å². The molecular weight excluding hydrogens is 175 g/mol. The Bertz CT molecular complexity index is 68.7. The third kappa shape index (κ3) is 4.30. The van der Waals surface area contributed by atoms with Gasteiger partial charge in [-0.2, -0.15) is 0 Å². The van der Waals surface area contributed by atoms with E-state index < -0.39 is 0 Å². The summed E-state index contributed by atoms with van der Waals surface area (Å²) in [6.45, 7) is 0. The summed E-state index contributed by atoms with van der Waals surface area (Å²) < 4.78 is 0. The first-order valence-corrected chi connectivity index (χ1v) is 3.04. The van der Waals surface area contributed by atoms with Crippen molar-refractivity contribution in [2.45, 2.75) is 31.8 Å². The molecule has 0 heterocycles. The zero-order valence-electron chi connectivity index (χ0n) is 5.71. The standard InChI is InChI=1S/C5H12N2O.2ClH/c6-7-8-5-3-1-2-4-5;;/h5,7H,1-4,6H2;2*1H. The van der Waals surface area contributed by atoms with E-state index in [0.29, 0.717) is 6.10 Å². The smallest absolute Gasteiger partial charge is 0.0806 e. The molecule has 64 valence electrons. The van der Waals surface area contributed by atoms with E-state index in [1.165, 1.54) is 12.8 Å². The molecule has 10 heavy (non-hydrogen) atoms. The molecule has 1 fully saturated rings. The molecule has 0 aromatic heterocycles. The molecule has 0 amide bonds. The van der Waals surface area contributed by atoms with Crippen molar-refractivity contribution in [1.82, 2.24) is 5.59 Å². The van der Waals surface area contributed by atoms with Crippen molar-refractivity contribution in [3.63, 3.8) is 0 Å². The second-order valence-electron chi connectivity index (χ2n) is 2.14. The quantitative estimate of drug-likeness (QED) is 0.506. The fourth-order valence-corrected chi connectivity index (χ4v) is 1.10. The van der Waals surface area contributed by atoms with Gasteiger partial charge in [0.25, 0.3) is 0 Å². The fourth-order valence-electron chi connectivity index (χ4n) is 1.10. The molecular formula is C5H14Cl2N2O. The van der Waals surface area contributed by atoms with E-state index in [0.717, 1.165) is 12.8 Å². The van der Waals surface area contributed by atoms with Gasteiger partial charge < -0.3 is 0 Å².